The van der Waals surface area contributed by atoms with E-state index in [1.807, 2.05) is 0 Å². The van der Waals surface area contributed by atoms with Crippen LogP contribution < -0.4 is 5.84 Å². The van der Waals surface area contributed by atoms with Crippen molar-refractivity contribution in [2.45, 2.75) is 0 Å². The third kappa shape index (κ3) is 1.35. The summed E-state index contributed by atoms with van der Waals surface area (Å²) >= 11 is 3.05. The molecule has 1 aromatic rings. The van der Waals surface area contributed by atoms with Gasteiger partial charge in [0, 0.05) is 0 Å². The molecule has 11 heavy (non-hydrogen) atoms. The van der Waals surface area contributed by atoms with Crippen molar-refractivity contribution >= 4 is 21.9 Å². The Morgan fingerprint density at radius 1 is 1.91 bits per heavy atom. The van der Waals surface area contributed by atoms with Crippen LogP contribution in [0.5, 0.6) is 0 Å². The molecule has 0 atom stereocenters. The van der Waals surface area contributed by atoms with Gasteiger partial charge in [0.1, 0.15) is 10.9 Å². The number of carbonyl (C=O) groups is 1. The molecule has 0 fully saturated rings. The number of hydrogen-bond acceptors (Lipinski definition) is 4. The molecule has 0 aliphatic rings. The average molecular weight is 220 g/mol. The van der Waals surface area contributed by atoms with E-state index in [2.05, 4.69) is 25.7 Å². The van der Waals surface area contributed by atoms with E-state index in [0.717, 1.165) is 4.68 Å². The van der Waals surface area contributed by atoms with Crippen LogP contribution in [0.2, 0.25) is 0 Å². The lowest BCUT2D eigenvalue weighted by Crippen LogP contribution is -2.16. The fraction of sp³-hybridized carbons (Fsp3) is 0.200. The molecular formula is C5H6BrN3O2. The predicted molar refractivity (Wildman–Crippen MR) is 41.4 cm³/mol. The highest BCUT2D eigenvalue weighted by Gasteiger charge is 2.15. The summed E-state index contributed by atoms with van der Waals surface area (Å²) in [5, 5.41) is 0. The smallest absolute Gasteiger partial charge is 0.359 e. The van der Waals surface area contributed by atoms with Gasteiger partial charge in [0.05, 0.1) is 7.11 Å². The highest BCUT2D eigenvalue weighted by atomic mass is 79.9. The van der Waals surface area contributed by atoms with Gasteiger partial charge in [-0.1, -0.05) is 0 Å². The topological polar surface area (TPSA) is 70.1 Å². The monoisotopic (exact) mass is 219 g/mol. The summed E-state index contributed by atoms with van der Waals surface area (Å²) < 4.78 is 5.92. The van der Waals surface area contributed by atoms with Crippen LogP contribution in [0, 0.1) is 0 Å². The molecule has 0 amide bonds. The molecule has 0 aromatic carbocycles. The zero-order valence-corrected chi connectivity index (χ0v) is 7.33. The number of nitrogens with zero attached hydrogens (tertiary/aromatic N) is 2. The van der Waals surface area contributed by atoms with Gasteiger partial charge in [-0.25, -0.2) is 14.5 Å². The summed E-state index contributed by atoms with van der Waals surface area (Å²) in [5.74, 6) is 4.82. The first-order chi connectivity index (χ1) is 5.16. The number of rotatable bonds is 1. The minimum absolute atomic E-state index is 0.201. The number of ether oxygens (including phenoxy) is 1. The molecule has 1 aromatic heterocycles. The lowest BCUT2D eigenvalue weighted by atomic mass is 10.5. The van der Waals surface area contributed by atoms with Gasteiger partial charge < -0.3 is 10.6 Å². The van der Waals surface area contributed by atoms with Crippen LogP contribution >= 0.6 is 15.9 Å². The highest BCUT2D eigenvalue weighted by molar-refractivity contribution is 9.10. The van der Waals surface area contributed by atoms with Crippen molar-refractivity contribution in [2.75, 3.05) is 13.0 Å². The predicted octanol–water partition coefficient (Wildman–Crippen LogP) is 0.146. The van der Waals surface area contributed by atoms with Gasteiger partial charge >= 0.3 is 5.97 Å². The molecule has 0 aliphatic heterocycles. The first-order valence-corrected chi connectivity index (χ1v) is 3.52. The summed E-state index contributed by atoms with van der Waals surface area (Å²) in [5.41, 5.74) is 0.201. The van der Waals surface area contributed by atoms with Gasteiger partial charge in [-0.2, -0.15) is 0 Å². The van der Waals surface area contributed by atoms with Crippen LogP contribution in [0.25, 0.3) is 0 Å². The number of imidazole rings is 1. The van der Waals surface area contributed by atoms with E-state index in [0.29, 0.717) is 4.60 Å². The maximum absolute atomic E-state index is 10.9. The fourth-order valence-electron chi connectivity index (χ4n) is 0.625. The fourth-order valence-corrected chi connectivity index (χ4v) is 1.08. The van der Waals surface area contributed by atoms with E-state index < -0.39 is 5.97 Å². The maximum atomic E-state index is 10.9. The number of esters is 1. The lowest BCUT2D eigenvalue weighted by molar-refractivity contribution is 0.0589. The third-order valence-corrected chi connectivity index (χ3v) is 1.71. The molecule has 0 aliphatic carbocycles. The molecule has 1 heterocycles. The highest BCUT2D eigenvalue weighted by Crippen LogP contribution is 2.12. The van der Waals surface area contributed by atoms with E-state index in [1.54, 1.807) is 0 Å². The molecule has 5 nitrogen and oxygen atoms in total. The average Bonchev–Trinajstić information content (AvgIpc) is 2.30. The standard InChI is InChI=1S/C5H6BrN3O2/c1-11-5(10)3-4(6)8-2-9(3)7/h2H,7H2,1H3. The molecule has 6 heteroatoms. The van der Waals surface area contributed by atoms with Crippen LogP contribution in [0.1, 0.15) is 10.5 Å². The number of nitrogen functional groups attached to an aromatic ring is 1. The number of aromatic nitrogens is 2. The van der Waals surface area contributed by atoms with E-state index in [1.165, 1.54) is 13.4 Å². The largest absolute Gasteiger partial charge is 0.464 e. The Balaban J connectivity index is 3.10. The van der Waals surface area contributed by atoms with E-state index >= 15 is 0 Å². The Kier molecular flexibility index (Phi) is 2.13. The SMILES string of the molecule is COC(=O)c1c(Br)ncn1N. The van der Waals surface area contributed by atoms with Crippen LogP contribution in [0.3, 0.4) is 0 Å². The van der Waals surface area contributed by atoms with Crippen LogP contribution in [-0.4, -0.2) is 22.7 Å². The van der Waals surface area contributed by atoms with Crippen molar-refractivity contribution in [2.24, 2.45) is 0 Å². The molecule has 60 valence electrons. The molecule has 0 unspecified atom stereocenters. The van der Waals surface area contributed by atoms with Gasteiger partial charge in [0.25, 0.3) is 0 Å². The van der Waals surface area contributed by atoms with E-state index in [9.17, 15) is 4.79 Å². The van der Waals surface area contributed by atoms with Crippen molar-refractivity contribution in [3.63, 3.8) is 0 Å². The van der Waals surface area contributed by atoms with Crippen molar-refractivity contribution in [1.29, 1.82) is 0 Å². The lowest BCUT2D eigenvalue weighted by Gasteiger charge is -1.98. The summed E-state index contributed by atoms with van der Waals surface area (Å²) in [6.07, 6.45) is 1.32. The normalized spacial score (nSPS) is 9.64. The summed E-state index contributed by atoms with van der Waals surface area (Å²) in [4.78, 5) is 14.7. The minimum Gasteiger partial charge on any atom is -0.464 e. The molecule has 0 spiro atoms. The zero-order valence-electron chi connectivity index (χ0n) is 5.74. The molecular weight excluding hydrogens is 214 g/mol. The van der Waals surface area contributed by atoms with Crippen LogP contribution in [-0.2, 0) is 4.74 Å². The third-order valence-electron chi connectivity index (χ3n) is 1.13. The number of carbonyl (C=O) groups excluding carboxylic acids is 1. The number of nitrogens with two attached hydrogens (primary N) is 1. The molecule has 0 radical (unpaired) electrons. The van der Waals surface area contributed by atoms with Crippen molar-refractivity contribution in [3.05, 3.63) is 16.6 Å². The van der Waals surface area contributed by atoms with Gasteiger partial charge in [-0.05, 0) is 15.9 Å². The quantitative estimate of drug-likeness (QED) is 0.540. The Bertz CT molecular complexity index is 264. The van der Waals surface area contributed by atoms with Crippen molar-refractivity contribution in [1.82, 2.24) is 9.66 Å². The van der Waals surface area contributed by atoms with E-state index in [-0.39, 0.29) is 5.69 Å². The zero-order chi connectivity index (χ0) is 8.43. The summed E-state index contributed by atoms with van der Waals surface area (Å²) in [6.45, 7) is 0. The second-order valence-corrected chi connectivity index (χ2v) is 2.53. The maximum Gasteiger partial charge on any atom is 0.359 e. The number of halogens is 1. The second-order valence-electron chi connectivity index (χ2n) is 1.78. The molecule has 2 N–H and O–H groups in total. The van der Waals surface area contributed by atoms with E-state index in [4.69, 9.17) is 5.84 Å². The van der Waals surface area contributed by atoms with Crippen molar-refractivity contribution < 1.29 is 9.53 Å². The molecule has 1 rings (SSSR count). The number of methoxy groups -OCH3 is 1. The van der Waals surface area contributed by atoms with Gasteiger partial charge in [0.2, 0.25) is 0 Å². The minimum atomic E-state index is -0.517. The Morgan fingerprint density at radius 2 is 2.55 bits per heavy atom. The second kappa shape index (κ2) is 2.91. The van der Waals surface area contributed by atoms with Gasteiger partial charge in [-0.15, -0.1) is 0 Å². The summed E-state index contributed by atoms with van der Waals surface area (Å²) in [6, 6.07) is 0. The Morgan fingerprint density at radius 3 is 2.91 bits per heavy atom. The van der Waals surface area contributed by atoms with Crippen molar-refractivity contribution in [3.8, 4) is 0 Å². The molecule has 0 saturated carbocycles. The van der Waals surface area contributed by atoms with Crippen LogP contribution in [0.4, 0.5) is 0 Å². The Labute approximate surface area is 71.3 Å². The number of hydrogen-bond donors (Lipinski definition) is 1. The van der Waals surface area contributed by atoms with Gasteiger partial charge in [-0.3, -0.25) is 0 Å². The Hall–Kier alpha value is -1.04. The van der Waals surface area contributed by atoms with Crippen LogP contribution in [0.15, 0.2) is 10.9 Å². The molecule has 0 saturated heterocycles. The first kappa shape index (κ1) is 8.06. The summed E-state index contributed by atoms with van der Waals surface area (Å²) in [7, 11) is 1.28. The molecule has 0 bridgehead atoms. The first-order valence-electron chi connectivity index (χ1n) is 2.73. The van der Waals surface area contributed by atoms with Gasteiger partial charge in [0.15, 0.2) is 5.69 Å².